The summed E-state index contributed by atoms with van der Waals surface area (Å²) in [6.07, 6.45) is -2.78. The second-order valence-electron chi connectivity index (χ2n) is 2.84. The van der Waals surface area contributed by atoms with E-state index < -0.39 is 25.0 Å². The molecule has 1 aromatic carbocycles. The number of rotatable bonds is 4. The third-order valence-corrected chi connectivity index (χ3v) is 1.72. The molecule has 86 valence electrons. The van der Waals surface area contributed by atoms with Crippen LogP contribution in [0, 0.1) is 0 Å². The normalized spacial score (nSPS) is 10.2. The molecule has 0 radical (unpaired) electrons. The summed E-state index contributed by atoms with van der Waals surface area (Å²) in [5.74, 6) is -2.39. The first-order chi connectivity index (χ1) is 7.52. The first kappa shape index (κ1) is 12.1. The second kappa shape index (κ2) is 5.20. The van der Waals surface area contributed by atoms with Gasteiger partial charge in [-0.2, -0.15) is 0 Å². The third-order valence-electron chi connectivity index (χ3n) is 1.72. The smallest absolute Gasteiger partial charge is 0.339 e. The van der Waals surface area contributed by atoms with Crippen LogP contribution in [0.15, 0.2) is 24.3 Å². The first-order valence-corrected chi connectivity index (χ1v) is 4.30. The number of aromatic carboxylic acids is 1. The molecule has 0 fully saturated rings. The fourth-order valence-corrected chi connectivity index (χ4v) is 1.06. The number of halogens is 2. The SMILES string of the molecule is O=C(O)c1ccccc1C(=O)OCC(F)F. The van der Waals surface area contributed by atoms with Crippen molar-refractivity contribution in [3.8, 4) is 0 Å². The number of carbonyl (C=O) groups is 2. The Bertz CT molecular complexity index is 404. The highest BCUT2D eigenvalue weighted by molar-refractivity contribution is 6.02. The van der Waals surface area contributed by atoms with Crippen molar-refractivity contribution in [2.75, 3.05) is 6.61 Å². The lowest BCUT2D eigenvalue weighted by molar-refractivity contribution is 0.0157. The number of carboxylic acids is 1. The molecule has 0 amide bonds. The van der Waals surface area contributed by atoms with Crippen LogP contribution in [0.4, 0.5) is 8.78 Å². The Morgan fingerprint density at radius 1 is 1.25 bits per heavy atom. The Morgan fingerprint density at radius 3 is 2.31 bits per heavy atom. The summed E-state index contributed by atoms with van der Waals surface area (Å²) in [4.78, 5) is 22.0. The minimum Gasteiger partial charge on any atom is -0.478 e. The van der Waals surface area contributed by atoms with Gasteiger partial charge in [0.1, 0.15) is 0 Å². The van der Waals surface area contributed by atoms with Crippen molar-refractivity contribution >= 4 is 11.9 Å². The van der Waals surface area contributed by atoms with E-state index in [2.05, 4.69) is 4.74 Å². The molecule has 1 rings (SSSR count). The maximum Gasteiger partial charge on any atom is 0.339 e. The van der Waals surface area contributed by atoms with Crippen LogP contribution < -0.4 is 0 Å². The molecule has 0 spiro atoms. The van der Waals surface area contributed by atoms with Gasteiger partial charge in [0, 0.05) is 0 Å². The van der Waals surface area contributed by atoms with Crippen LogP contribution in [0.25, 0.3) is 0 Å². The van der Waals surface area contributed by atoms with E-state index in [-0.39, 0.29) is 11.1 Å². The van der Waals surface area contributed by atoms with Gasteiger partial charge in [-0.25, -0.2) is 18.4 Å². The van der Waals surface area contributed by atoms with Crippen LogP contribution in [0.5, 0.6) is 0 Å². The topological polar surface area (TPSA) is 63.6 Å². The predicted octanol–water partition coefficient (Wildman–Crippen LogP) is 1.81. The van der Waals surface area contributed by atoms with Crippen LogP contribution in [0.2, 0.25) is 0 Å². The van der Waals surface area contributed by atoms with E-state index >= 15 is 0 Å². The van der Waals surface area contributed by atoms with Crippen molar-refractivity contribution in [3.63, 3.8) is 0 Å². The number of esters is 1. The summed E-state index contributed by atoms with van der Waals surface area (Å²) in [7, 11) is 0. The Balaban J connectivity index is 2.86. The summed E-state index contributed by atoms with van der Waals surface area (Å²) in [5.41, 5.74) is -0.516. The van der Waals surface area contributed by atoms with Crippen LogP contribution >= 0.6 is 0 Å². The Morgan fingerprint density at radius 2 is 1.81 bits per heavy atom. The second-order valence-corrected chi connectivity index (χ2v) is 2.84. The minimum atomic E-state index is -2.78. The van der Waals surface area contributed by atoms with Crippen LogP contribution in [0.3, 0.4) is 0 Å². The molecule has 1 N–H and O–H groups in total. The summed E-state index contributed by atoms with van der Waals surface area (Å²) < 4.78 is 27.8. The van der Waals surface area contributed by atoms with Crippen molar-refractivity contribution in [3.05, 3.63) is 35.4 Å². The molecule has 1 aromatic rings. The van der Waals surface area contributed by atoms with Crippen LogP contribution in [-0.2, 0) is 4.74 Å². The molecule has 0 aliphatic heterocycles. The molecule has 0 bridgehead atoms. The predicted molar refractivity (Wildman–Crippen MR) is 49.7 cm³/mol. The van der Waals surface area contributed by atoms with Gasteiger partial charge in [0.15, 0.2) is 6.61 Å². The number of hydrogen-bond donors (Lipinski definition) is 1. The van der Waals surface area contributed by atoms with E-state index in [4.69, 9.17) is 5.11 Å². The fraction of sp³-hybridized carbons (Fsp3) is 0.200. The maximum absolute atomic E-state index is 11.8. The number of ether oxygens (including phenoxy) is 1. The average Bonchev–Trinajstić information content (AvgIpc) is 2.25. The van der Waals surface area contributed by atoms with E-state index in [0.29, 0.717) is 0 Å². The van der Waals surface area contributed by atoms with E-state index in [1.54, 1.807) is 0 Å². The Kier molecular flexibility index (Phi) is 3.93. The fourth-order valence-electron chi connectivity index (χ4n) is 1.06. The van der Waals surface area contributed by atoms with Gasteiger partial charge in [0.05, 0.1) is 11.1 Å². The highest BCUT2D eigenvalue weighted by Crippen LogP contribution is 2.10. The molecule has 0 saturated heterocycles. The molecule has 4 nitrogen and oxygen atoms in total. The van der Waals surface area contributed by atoms with Gasteiger partial charge in [-0.3, -0.25) is 0 Å². The van der Waals surface area contributed by atoms with Crippen LogP contribution in [0.1, 0.15) is 20.7 Å². The zero-order valence-corrected chi connectivity index (χ0v) is 8.02. The summed E-state index contributed by atoms with van der Waals surface area (Å²) in [5, 5.41) is 8.74. The highest BCUT2D eigenvalue weighted by atomic mass is 19.3. The van der Waals surface area contributed by atoms with Gasteiger partial charge in [0.25, 0.3) is 6.43 Å². The van der Waals surface area contributed by atoms with Gasteiger partial charge >= 0.3 is 11.9 Å². The van der Waals surface area contributed by atoms with Crippen molar-refractivity contribution < 1.29 is 28.2 Å². The average molecular weight is 230 g/mol. The number of carboxylic acid groups (broad SMARTS) is 1. The number of benzene rings is 1. The molecular weight excluding hydrogens is 222 g/mol. The standard InChI is InChI=1S/C10H8F2O4/c11-8(12)5-16-10(15)7-4-2-1-3-6(7)9(13)14/h1-4,8H,5H2,(H,13,14). The quantitative estimate of drug-likeness (QED) is 0.801. The van der Waals surface area contributed by atoms with Crippen molar-refractivity contribution in [2.45, 2.75) is 6.43 Å². The van der Waals surface area contributed by atoms with Gasteiger partial charge in [-0.05, 0) is 12.1 Å². The molecule has 16 heavy (non-hydrogen) atoms. The van der Waals surface area contributed by atoms with Crippen LogP contribution in [-0.4, -0.2) is 30.1 Å². The number of carbonyl (C=O) groups excluding carboxylic acids is 1. The molecule has 0 unspecified atom stereocenters. The van der Waals surface area contributed by atoms with E-state index in [9.17, 15) is 18.4 Å². The summed E-state index contributed by atoms with van der Waals surface area (Å²) >= 11 is 0. The molecule has 6 heteroatoms. The maximum atomic E-state index is 11.8. The lowest BCUT2D eigenvalue weighted by atomic mass is 10.1. The largest absolute Gasteiger partial charge is 0.478 e. The minimum absolute atomic E-state index is 0.240. The summed E-state index contributed by atoms with van der Waals surface area (Å²) in [6, 6.07) is 5.25. The molecule has 0 heterocycles. The first-order valence-electron chi connectivity index (χ1n) is 4.30. The zero-order valence-electron chi connectivity index (χ0n) is 8.02. The van der Waals surface area contributed by atoms with Crippen molar-refractivity contribution in [1.82, 2.24) is 0 Å². The summed E-state index contributed by atoms with van der Waals surface area (Å²) in [6.45, 7) is -1.05. The van der Waals surface area contributed by atoms with Gasteiger partial charge in [-0.1, -0.05) is 12.1 Å². The molecule has 0 saturated carbocycles. The Hall–Kier alpha value is -1.98. The highest BCUT2D eigenvalue weighted by Gasteiger charge is 2.18. The monoisotopic (exact) mass is 230 g/mol. The van der Waals surface area contributed by atoms with Crippen molar-refractivity contribution in [1.29, 1.82) is 0 Å². The molecular formula is C10H8F2O4. The lowest BCUT2D eigenvalue weighted by Crippen LogP contribution is -2.15. The van der Waals surface area contributed by atoms with E-state index in [1.807, 2.05) is 0 Å². The van der Waals surface area contributed by atoms with Gasteiger partial charge < -0.3 is 9.84 Å². The lowest BCUT2D eigenvalue weighted by Gasteiger charge is -2.06. The molecule has 0 aliphatic rings. The third kappa shape index (κ3) is 3.01. The van der Waals surface area contributed by atoms with Gasteiger partial charge in [-0.15, -0.1) is 0 Å². The van der Waals surface area contributed by atoms with E-state index in [1.165, 1.54) is 24.3 Å². The zero-order chi connectivity index (χ0) is 12.1. The molecule has 0 aliphatic carbocycles. The van der Waals surface area contributed by atoms with Gasteiger partial charge in [0.2, 0.25) is 0 Å². The number of alkyl halides is 2. The van der Waals surface area contributed by atoms with E-state index in [0.717, 1.165) is 0 Å². The molecule has 0 aromatic heterocycles. The number of hydrogen-bond acceptors (Lipinski definition) is 3. The van der Waals surface area contributed by atoms with Crippen molar-refractivity contribution in [2.24, 2.45) is 0 Å². The molecule has 0 atom stereocenters. The Labute approximate surface area is 89.5 Å².